The minimum Gasteiger partial charge on any atom is -0.310 e. The van der Waals surface area contributed by atoms with Crippen LogP contribution in [0.15, 0.2) is 18.2 Å². The molecule has 2 rings (SSSR count). The summed E-state index contributed by atoms with van der Waals surface area (Å²) in [7, 11) is 2.29. The van der Waals surface area contributed by atoms with Gasteiger partial charge in [0, 0.05) is 17.8 Å². The number of nitrogens with one attached hydrogen (secondary N) is 1. The Hall–Kier alpha value is -0.510. The van der Waals surface area contributed by atoms with Gasteiger partial charge < -0.3 is 10.2 Å². The van der Waals surface area contributed by atoms with E-state index in [4.69, 9.17) is 0 Å². The lowest BCUT2D eigenvalue weighted by atomic mass is 9.98. The molecule has 2 nitrogen and oxygen atoms in total. The van der Waals surface area contributed by atoms with Gasteiger partial charge in [-0.1, -0.05) is 36.2 Å². The van der Waals surface area contributed by atoms with Crippen molar-refractivity contribution in [2.24, 2.45) is 0 Å². The molecular formula is C18H30N2S. The highest BCUT2D eigenvalue weighted by atomic mass is 32.2. The van der Waals surface area contributed by atoms with Crippen molar-refractivity contribution < 1.29 is 0 Å². The first kappa shape index (κ1) is 16.9. The first-order valence-electron chi connectivity index (χ1n) is 8.19. The van der Waals surface area contributed by atoms with Crippen LogP contribution in [0, 0.1) is 13.8 Å². The van der Waals surface area contributed by atoms with E-state index in [1.54, 1.807) is 0 Å². The molecule has 0 amide bonds. The van der Waals surface area contributed by atoms with E-state index in [1.807, 2.05) is 0 Å². The molecule has 1 aliphatic rings. The minimum absolute atomic E-state index is 0.477. The van der Waals surface area contributed by atoms with Crippen LogP contribution < -0.4 is 5.32 Å². The quantitative estimate of drug-likeness (QED) is 0.825. The first-order valence-corrected chi connectivity index (χ1v) is 9.35. The fourth-order valence-electron chi connectivity index (χ4n) is 3.23. The highest BCUT2D eigenvalue weighted by Gasteiger charge is 2.21. The largest absolute Gasteiger partial charge is 0.310 e. The number of benzene rings is 1. The van der Waals surface area contributed by atoms with Crippen molar-refractivity contribution in [3.8, 4) is 0 Å². The molecule has 0 spiro atoms. The third-order valence-electron chi connectivity index (χ3n) is 4.40. The summed E-state index contributed by atoms with van der Waals surface area (Å²) in [6.45, 7) is 8.80. The van der Waals surface area contributed by atoms with E-state index in [9.17, 15) is 0 Å². The van der Waals surface area contributed by atoms with Gasteiger partial charge in [-0.2, -0.15) is 11.8 Å². The zero-order chi connectivity index (χ0) is 15.2. The summed E-state index contributed by atoms with van der Waals surface area (Å²) in [5.41, 5.74) is 4.19. The lowest BCUT2D eigenvalue weighted by molar-refractivity contribution is 0.247. The van der Waals surface area contributed by atoms with Crippen molar-refractivity contribution in [3.05, 3.63) is 34.9 Å². The zero-order valence-electron chi connectivity index (χ0n) is 14.0. The van der Waals surface area contributed by atoms with Crippen LogP contribution in [0.2, 0.25) is 0 Å². The molecule has 0 radical (unpaired) electrons. The number of aryl methyl sites for hydroxylation is 2. The molecule has 1 N–H and O–H groups in total. The number of thioether (sulfide) groups is 1. The predicted octanol–water partition coefficient (Wildman–Crippen LogP) is 3.78. The Morgan fingerprint density at radius 3 is 2.57 bits per heavy atom. The van der Waals surface area contributed by atoms with Gasteiger partial charge in [-0.05, 0) is 58.1 Å². The Kier molecular flexibility index (Phi) is 6.59. The van der Waals surface area contributed by atoms with Gasteiger partial charge in [0.05, 0.1) is 0 Å². The Labute approximate surface area is 134 Å². The molecule has 2 atom stereocenters. The maximum atomic E-state index is 3.67. The van der Waals surface area contributed by atoms with Crippen LogP contribution in [-0.2, 0) is 0 Å². The van der Waals surface area contributed by atoms with Crippen molar-refractivity contribution >= 4 is 11.8 Å². The monoisotopic (exact) mass is 306 g/mol. The molecule has 1 heterocycles. The minimum atomic E-state index is 0.477. The molecule has 1 aliphatic heterocycles. The van der Waals surface area contributed by atoms with E-state index in [-0.39, 0.29) is 0 Å². The van der Waals surface area contributed by atoms with E-state index < -0.39 is 0 Å². The fourth-order valence-corrected chi connectivity index (χ4v) is 4.53. The van der Waals surface area contributed by atoms with Crippen LogP contribution in [0.5, 0.6) is 0 Å². The van der Waals surface area contributed by atoms with Gasteiger partial charge in [-0.3, -0.25) is 0 Å². The van der Waals surface area contributed by atoms with Crippen LogP contribution in [0.4, 0.5) is 0 Å². The second kappa shape index (κ2) is 8.21. The molecule has 118 valence electrons. The fraction of sp³-hybridized carbons (Fsp3) is 0.667. The molecule has 3 heteroatoms. The Morgan fingerprint density at radius 2 is 2.00 bits per heavy atom. The summed E-state index contributed by atoms with van der Waals surface area (Å²) in [4.78, 5) is 2.56. The highest BCUT2D eigenvalue weighted by Crippen LogP contribution is 2.24. The Morgan fingerprint density at radius 1 is 1.29 bits per heavy atom. The average molecular weight is 307 g/mol. The standard InChI is InChI=1S/C18H30N2S/c1-5-19-18(16-11-14(2)10-15(3)12-16)6-8-20(4)17-7-9-21-13-17/h10-12,17-19H,5-9,13H2,1-4H3. The molecule has 0 saturated carbocycles. The SMILES string of the molecule is CCNC(CCN(C)C1CCSC1)c1cc(C)cc(C)c1. The zero-order valence-corrected chi connectivity index (χ0v) is 14.8. The van der Waals surface area contributed by atoms with Crippen LogP contribution >= 0.6 is 11.8 Å². The summed E-state index contributed by atoms with van der Waals surface area (Å²) in [5, 5.41) is 3.67. The van der Waals surface area contributed by atoms with E-state index in [0.717, 1.165) is 12.6 Å². The van der Waals surface area contributed by atoms with Crippen LogP contribution in [0.3, 0.4) is 0 Å². The second-order valence-electron chi connectivity index (χ2n) is 6.32. The Balaban J connectivity index is 1.97. The third kappa shape index (κ3) is 5.01. The third-order valence-corrected chi connectivity index (χ3v) is 5.54. The number of nitrogens with zero attached hydrogens (tertiary/aromatic N) is 1. The molecule has 0 bridgehead atoms. The maximum Gasteiger partial charge on any atom is 0.0332 e. The molecule has 0 aliphatic carbocycles. The smallest absolute Gasteiger partial charge is 0.0332 e. The van der Waals surface area contributed by atoms with Gasteiger partial charge in [0.15, 0.2) is 0 Å². The molecule has 0 aromatic heterocycles. The average Bonchev–Trinajstić information content (AvgIpc) is 2.96. The van der Waals surface area contributed by atoms with E-state index in [2.05, 4.69) is 68.0 Å². The van der Waals surface area contributed by atoms with Gasteiger partial charge in [-0.15, -0.1) is 0 Å². The van der Waals surface area contributed by atoms with Crippen molar-refractivity contribution in [2.45, 2.75) is 45.7 Å². The van der Waals surface area contributed by atoms with E-state index in [1.165, 1.54) is 47.6 Å². The van der Waals surface area contributed by atoms with Gasteiger partial charge in [-0.25, -0.2) is 0 Å². The number of hydrogen-bond donors (Lipinski definition) is 1. The molecule has 1 saturated heterocycles. The molecular weight excluding hydrogens is 276 g/mol. The van der Waals surface area contributed by atoms with Crippen molar-refractivity contribution in [1.29, 1.82) is 0 Å². The predicted molar refractivity (Wildman–Crippen MR) is 95.3 cm³/mol. The van der Waals surface area contributed by atoms with Gasteiger partial charge >= 0.3 is 0 Å². The van der Waals surface area contributed by atoms with Crippen LogP contribution in [0.25, 0.3) is 0 Å². The summed E-state index contributed by atoms with van der Waals surface area (Å²) in [6.07, 6.45) is 2.55. The molecule has 1 aromatic rings. The summed E-state index contributed by atoms with van der Waals surface area (Å²) in [6, 6.07) is 8.20. The van der Waals surface area contributed by atoms with Gasteiger partial charge in [0.1, 0.15) is 0 Å². The van der Waals surface area contributed by atoms with Gasteiger partial charge in [0.2, 0.25) is 0 Å². The molecule has 1 aromatic carbocycles. The molecule has 21 heavy (non-hydrogen) atoms. The van der Waals surface area contributed by atoms with Crippen molar-refractivity contribution in [2.75, 3.05) is 31.6 Å². The van der Waals surface area contributed by atoms with Crippen LogP contribution in [0.1, 0.15) is 42.5 Å². The van der Waals surface area contributed by atoms with E-state index in [0.29, 0.717) is 6.04 Å². The maximum absolute atomic E-state index is 3.67. The second-order valence-corrected chi connectivity index (χ2v) is 7.47. The summed E-state index contributed by atoms with van der Waals surface area (Å²) in [5.74, 6) is 2.65. The molecule has 1 fully saturated rings. The van der Waals surface area contributed by atoms with Crippen molar-refractivity contribution in [1.82, 2.24) is 10.2 Å². The first-order chi connectivity index (χ1) is 10.1. The molecule has 2 unspecified atom stereocenters. The highest BCUT2D eigenvalue weighted by molar-refractivity contribution is 7.99. The van der Waals surface area contributed by atoms with Crippen molar-refractivity contribution in [3.63, 3.8) is 0 Å². The Bertz CT molecular complexity index is 421. The summed E-state index contributed by atoms with van der Waals surface area (Å²) >= 11 is 2.10. The van der Waals surface area contributed by atoms with Gasteiger partial charge in [0.25, 0.3) is 0 Å². The number of rotatable bonds is 7. The van der Waals surface area contributed by atoms with Crippen LogP contribution in [-0.4, -0.2) is 42.6 Å². The topological polar surface area (TPSA) is 15.3 Å². The number of hydrogen-bond acceptors (Lipinski definition) is 3. The lowest BCUT2D eigenvalue weighted by Crippen LogP contribution is -2.34. The normalized spacial score (nSPS) is 20.1. The van der Waals surface area contributed by atoms with E-state index >= 15 is 0 Å². The summed E-state index contributed by atoms with van der Waals surface area (Å²) < 4.78 is 0. The lowest BCUT2D eigenvalue weighted by Gasteiger charge is -2.27.